The van der Waals surface area contributed by atoms with Gasteiger partial charge in [-0.1, -0.05) is 12.5 Å². The van der Waals surface area contributed by atoms with Crippen LogP contribution in [-0.2, 0) is 29.2 Å². The third-order valence-corrected chi connectivity index (χ3v) is 9.88. The zero-order valence-corrected chi connectivity index (χ0v) is 20.3. The molecule has 3 saturated carbocycles. The van der Waals surface area contributed by atoms with E-state index in [0.29, 0.717) is 19.3 Å². The van der Waals surface area contributed by atoms with Gasteiger partial charge in [0.05, 0.1) is 17.6 Å². The second-order valence-electron chi connectivity index (χ2n) is 10.7. The quantitative estimate of drug-likeness (QED) is 0.371. The van der Waals surface area contributed by atoms with Crippen LogP contribution in [0, 0.1) is 34.5 Å². The molecule has 3 fully saturated rings. The Morgan fingerprint density at radius 2 is 1.82 bits per heavy atom. The second-order valence-corrected chi connectivity index (χ2v) is 12.3. The van der Waals surface area contributed by atoms with Gasteiger partial charge in [-0.3, -0.25) is 18.9 Å². The van der Waals surface area contributed by atoms with Crippen molar-refractivity contribution in [2.24, 2.45) is 34.5 Å². The Morgan fingerprint density at radius 3 is 2.50 bits per heavy atom. The van der Waals surface area contributed by atoms with Gasteiger partial charge in [0.2, 0.25) is 11.5 Å². The normalized spacial score (nSPS) is 37.4. The van der Waals surface area contributed by atoms with Crippen molar-refractivity contribution in [2.75, 3.05) is 12.4 Å². The molecule has 0 radical (unpaired) electrons. The number of carbonyl (C=O) groups is 3. The molecule has 0 bridgehead atoms. The first kappa shape index (κ1) is 24.9. The maximum absolute atomic E-state index is 13.1. The topological polar surface area (TPSA) is 155 Å². The highest BCUT2D eigenvalue weighted by molar-refractivity contribution is 7.85. The molecule has 4 aliphatic rings. The number of ether oxygens (including phenoxy) is 1. The summed E-state index contributed by atoms with van der Waals surface area (Å²) >= 11 is 0. The Bertz CT molecular complexity index is 1090. The number of allylic oxidation sites excluding steroid dienone is 3. The van der Waals surface area contributed by atoms with Crippen molar-refractivity contribution in [3.63, 3.8) is 0 Å². The van der Waals surface area contributed by atoms with Gasteiger partial charge in [-0.25, -0.2) is 0 Å². The average Bonchev–Trinajstić information content (AvgIpc) is 3.12. The Hall–Kier alpha value is -2.20. The fourth-order valence-corrected chi connectivity index (χ4v) is 7.85. The van der Waals surface area contributed by atoms with E-state index in [-0.39, 0.29) is 40.6 Å². The van der Waals surface area contributed by atoms with Gasteiger partial charge in [0, 0.05) is 5.92 Å². The van der Waals surface area contributed by atoms with Gasteiger partial charge in [-0.05, 0) is 74.7 Å². The maximum Gasteiger partial charge on any atom is 0.307 e. The third-order valence-electron chi connectivity index (χ3n) is 9.16. The molecule has 0 saturated heterocycles. The van der Waals surface area contributed by atoms with Crippen molar-refractivity contribution in [1.82, 2.24) is 0 Å². The van der Waals surface area contributed by atoms with Gasteiger partial charge in [0.15, 0.2) is 11.5 Å². The van der Waals surface area contributed by atoms with Gasteiger partial charge in [0.1, 0.15) is 6.61 Å². The largest absolute Gasteiger partial charge is 0.504 e. The van der Waals surface area contributed by atoms with E-state index < -0.39 is 51.8 Å². The minimum atomic E-state index is -4.28. The van der Waals surface area contributed by atoms with E-state index in [1.807, 2.05) is 6.92 Å². The van der Waals surface area contributed by atoms with Crippen LogP contribution in [-0.4, -0.2) is 53.1 Å². The zero-order valence-electron chi connectivity index (χ0n) is 19.5. The maximum atomic E-state index is 13.1. The molecule has 9 nitrogen and oxygen atoms in total. The zero-order chi connectivity index (χ0) is 25.1. The smallest absolute Gasteiger partial charge is 0.307 e. The summed E-state index contributed by atoms with van der Waals surface area (Å²) in [5.41, 5.74) is -0.292. The molecule has 4 aliphatic carbocycles. The van der Waals surface area contributed by atoms with Gasteiger partial charge >= 0.3 is 5.97 Å². The van der Waals surface area contributed by atoms with Crippen molar-refractivity contribution < 1.29 is 42.3 Å². The fourth-order valence-electron chi connectivity index (χ4n) is 7.42. The first-order valence-electron chi connectivity index (χ1n) is 11.8. The number of Topliss-reactive ketones (excluding diaryl/α,β-unsaturated/α-hetero) is 2. The predicted octanol–water partition coefficient (Wildman–Crippen LogP) is 3.07. The molecule has 0 spiro atoms. The van der Waals surface area contributed by atoms with Crippen LogP contribution in [0.15, 0.2) is 23.2 Å². The van der Waals surface area contributed by atoms with Gasteiger partial charge in [-0.2, -0.15) is 8.42 Å². The number of esters is 1. The van der Waals surface area contributed by atoms with Crippen LogP contribution in [0.4, 0.5) is 0 Å². The minimum Gasteiger partial charge on any atom is -0.504 e. The van der Waals surface area contributed by atoms with Crippen molar-refractivity contribution in [1.29, 1.82) is 0 Å². The standard InChI is InChI=1S/C24H32O9S/c1-23-9-7-16-14(4-3-13-11-18(25)21(28)22(29)24(13,16)2)15(23)5-6-17(23)19(26)12-33-20(27)8-10-34(30,31)32/h11,14-17,25,28H,3-10,12H2,1-2H3,(H,30,31,32)/t14-,15-,16-,17+,23-,24-/m0/s1. The molecule has 4 rings (SSSR count). The van der Waals surface area contributed by atoms with Gasteiger partial charge < -0.3 is 14.9 Å². The van der Waals surface area contributed by atoms with Crippen LogP contribution in [0.1, 0.15) is 58.8 Å². The van der Waals surface area contributed by atoms with E-state index in [4.69, 9.17) is 9.29 Å². The van der Waals surface area contributed by atoms with Crippen LogP contribution in [0.25, 0.3) is 0 Å². The van der Waals surface area contributed by atoms with Crippen LogP contribution in [0.2, 0.25) is 0 Å². The molecule has 34 heavy (non-hydrogen) atoms. The highest BCUT2D eigenvalue weighted by Crippen LogP contribution is 2.66. The number of carbonyl (C=O) groups excluding carboxylic acids is 3. The monoisotopic (exact) mass is 496 g/mol. The van der Waals surface area contributed by atoms with Crippen molar-refractivity contribution in [3.8, 4) is 0 Å². The molecule has 10 heteroatoms. The van der Waals surface area contributed by atoms with Gasteiger partial charge in [-0.15, -0.1) is 0 Å². The Balaban J connectivity index is 1.46. The van der Waals surface area contributed by atoms with Gasteiger partial charge in [0.25, 0.3) is 10.1 Å². The molecular weight excluding hydrogens is 464 g/mol. The average molecular weight is 497 g/mol. The molecule has 0 unspecified atom stereocenters. The summed E-state index contributed by atoms with van der Waals surface area (Å²) < 4.78 is 35.3. The number of fused-ring (bicyclic) bond motifs is 5. The highest BCUT2D eigenvalue weighted by atomic mass is 32.2. The number of aliphatic hydroxyl groups excluding tert-OH is 2. The number of aliphatic hydroxyl groups is 2. The summed E-state index contributed by atoms with van der Waals surface area (Å²) in [6.07, 6.45) is 5.43. The molecule has 0 aromatic heterocycles. The second kappa shape index (κ2) is 8.48. The Labute approximate surface area is 199 Å². The Morgan fingerprint density at radius 1 is 1.12 bits per heavy atom. The van der Waals surface area contributed by atoms with E-state index in [2.05, 4.69) is 6.92 Å². The lowest BCUT2D eigenvalue weighted by Crippen LogP contribution is -2.54. The highest BCUT2D eigenvalue weighted by Gasteiger charge is 2.62. The van der Waals surface area contributed by atoms with Crippen molar-refractivity contribution >= 4 is 27.7 Å². The fraction of sp³-hybridized carbons (Fsp3) is 0.708. The molecule has 3 N–H and O–H groups in total. The summed E-state index contributed by atoms with van der Waals surface area (Å²) in [6.45, 7) is 3.54. The minimum absolute atomic E-state index is 0.0143. The van der Waals surface area contributed by atoms with E-state index in [9.17, 15) is 33.0 Å². The summed E-state index contributed by atoms with van der Waals surface area (Å²) in [7, 11) is -4.28. The molecule has 188 valence electrons. The predicted molar refractivity (Wildman–Crippen MR) is 120 cm³/mol. The van der Waals surface area contributed by atoms with Crippen LogP contribution in [0.3, 0.4) is 0 Å². The number of rotatable bonds is 6. The molecular formula is C24H32O9S. The summed E-state index contributed by atoms with van der Waals surface area (Å²) in [5.74, 6) is -3.02. The molecule has 0 aromatic rings. The molecule has 0 aliphatic heterocycles. The molecule has 6 atom stereocenters. The lowest BCUT2D eigenvalue weighted by atomic mass is 9.46. The molecule has 0 heterocycles. The number of hydrogen-bond donors (Lipinski definition) is 3. The molecule has 0 aromatic carbocycles. The third kappa shape index (κ3) is 3.98. The molecule has 0 amide bonds. The van der Waals surface area contributed by atoms with Crippen LogP contribution < -0.4 is 0 Å². The first-order valence-corrected chi connectivity index (χ1v) is 13.4. The summed E-state index contributed by atoms with van der Waals surface area (Å²) in [5, 5.41) is 20.1. The summed E-state index contributed by atoms with van der Waals surface area (Å²) in [4.78, 5) is 37.9. The van der Waals surface area contributed by atoms with E-state index in [0.717, 1.165) is 24.8 Å². The van der Waals surface area contributed by atoms with Crippen LogP contribution >= 0.6 is 0 Å². The van der Waals surface area contributed by atoms with E-state index in [1.165, 1.54) is 6.08 Å². The van der Waals surface area contributed by atoms with E-state index in [1.54, 1.807) is 0 Å². The SMILES string of the molecule is C[C@]12C(=O)C(O)=C(O)C=C1CC[C@@H]1[C@@H]2CC[C@]2(C)[C@@H](C(=O)COC(=O)CCS(=O)(=O)O)CC[C@@H]12. The summed E-state index contributed by atoms with van der Waals surface area (Å²) in [6, 6.07) is 0. The number of hydrogen-bond acceptors (Lipinski definition) is 8. The van der Waals surface area contributed by atoms with Crippen molar-refractivity contribution in [2.45, 2.75) is 58.8 Å². The first-order chi connectivity index (χ1) is 15.8. The van der Waals surface area contributed by atoms with E-state index >= 15 is 0 Å². The Kier molecular flexibility index (Phi) is 6.21. The lowest BCUT2D eigenvalue weighted by Gasteiger charge is -2.56. The van der Waals surface area contributed by atoms with Crippen molar-refractivity contribution in [3.05, 3.63) is 23.2 Å². The number of ketones is 2. The lowest BCUT2D eigenvalue weighted by molar-refractivity contribution is -0.151. The van der Waals surface area contributed by atoms with Crippen LogP contribution in [0.5, 0.6) is 0 Å².